The minimum atomic E-state index is -0.143. The van der Waals surface area contributed by atoms with E-state index in [1.54, 1.807) is 0 Å². The van der Waals surface area contributed by atoms with E-state index in [1.165, 1.54) is 6.42 Å². The number of benzene rings is 2. The number of anilines is 1. The first-order valence-corrected chi connectivity index (χ1v) is 9.64. The number of nitrogens with zero attached hydrogens (tertiary/aromatic N) is 1. The predicted molar refractivity (Wildman–Crippen MR) is 116 cm³/mol. The van der Waals surface area contributed by atoms with Crippen LogP contribution < -0.4 is 15.4 Å². The van der Waals surface area contributed by atoms with Crippen LogP contribution in [-0.2, 0) is 11.4 Å². The summed E-state index contributed by atoms with van der Waals surface area (Å²) in [6.45, 7) is 4.40. The molecule has 28 heavy (non-hydrogen) atoms. The van der Waals surface area contributed by atoms with Crippen molar-refractivity contribution in [2.75, 3.05) is 25.5 Å². The van der Waals surface area contributed by atoms with E-state index in [0.717, 1.165) is 36.5 Å². The van der Waals surface area contributed by atoms with E-state index in [1.807, 2.05) is 68.6 Å². The zero-order valence-corrected chi connectivity index (χ0v) is 17.4. The third kappa shape index (κ3) is 6.23. The summed E-state index contributed by atoms with van der Waals surface area (Å²) in [4.78, 5) is 14.8. The maximum Gasteiger partial charge on any atom is 0.241 e. The van der Waals surface area contributed by atoms with E-state index < -0.39 is 0 Å². The minimum Gasteiger partial charge on any atom is -0.489 e. The predicted octanol–water partition coefficient (Wildman–Crippen LogP) is 3.70. The molecule has 2 aromatic carbocycles. The molecular formula is C22H30ClN3O2. The fourth-order valence-corrected chi connectivity index (χ4v) is 3.38. The topological polar surface area (TPSA) is 53.6 Å². The zero-order valence-electron chi connectivity index (χ0n) is 16.6. The van der Waals surface area contributed by atoms with E-state index in [9.17, 15) is 4.79 Å². The summed E-state index contributed by atoms with van der Waals surface area (Å²) < 4.78 is 5.79. The van der Waals surface area contributed by atoms with E-state index in [2.05, 4.69) is 15.5 Å². The second-order valence-corrected chi connectivity index (χ2v) is 7.09. The molecule has 1 aliphatic rings. The van der Waals surface area contributed by atoms with Crippen molar-refractivity contribution in [3.05, 3.63) is 60.2 Å². The third-order valence-corrected chi connectivity index (χ3v) is 5.16. The molecule has 3 rings (SSSR count). The Morgan fingerprint density at radius 2 is 1.89 bits per heavy atom. The molecule has 2 aromatic rings. The van der Waals surface area contributed by atoms with Gasteiger partial charge in [0, 0.05) is 18.3 Å². The molecule has 0 aromatic heterocycles. The molecule has 0 spiro atoms. The van der Waals surface area contributed by atoms with Crippen LogP contribution in [0, 0.1) is 0 Å². The van der Waals surface area contributed by atoms with Crippen LogP contribution in [0.15, 0.2) is 54.6 Å². The Balaban J connectivity index is 0.00000280. The molecule has 0 bridgehead atoms. The molecule has 6 heteroatoms. The Bertz CT molecular complexity index is 724. The normalized spacial score (nSPS) is 18.0. The summed E-state index contributed by atoms with van der Waals surface area (Å²) in [5.74, 6) is 0.822. The van der Waals surface area contributed by atoms with Gasteiger partial charge in [-0.05, 0) is 63.2 Å². The first-order valence-electron chi connectivity index (χ1n) is 9.64. The summed E-state index contributed by atoms with van der Waals surface area (Å²) in [6.07, 6.45) is 2.29. The molecule has 2 N–H and O–H groups in total. The number of hydrogen-bond donors (Lipinski definition) is 2. The number of carbonyl (C=O) groups excluding carboxylic acids is 1. The third-order valence-electron chi connectivity index (χ3n) is 5.16. The van der Waals surface area contributed by atoms with E-state index in [-0.39, 0.29) is 24.4 Å². The monoisotopic (exact) mass is 403 g/mol. The Morgan fingerprint density at radius 1 is 1.18 bits per heavy atom. The second-order valence-electron chi connectivity index (χ2n) is 7.09. The molecule has 1 fully saturated rings. The molecule has 1 amide bonds. The number of hydrogen-bond acceptors (Lipinski definition) is 4. The van der Waals surface area contributed by atoms with Gasteiger partial charge in [-0.3, -0.25) is 9.69 Å². The molecule has 0 radical (unpaired) electrons. The van der Waals surface area contributed by atoms with Crippen LogP contribution >= 0.6 is 12.4 Å². The van der Waals surface area contributed by atoms with Crippen molar-refractivity contribution in [1.29, 1.82) is 0 Å². The molecular weight excluding hydrogens is 374 g/mol. The number of rotatable bonds is 7. The highest BCUT2D eigenvalue weighted by molar-refractivity contribution is 5.94. The lowest BCUT2D eigenvalue weighted by atomic mass is 10.0. The van der Waals surface area contributed by atoms with Crippen molar-refractivity contribution in [2.45, 2.75) is 38.5 Å². The van der Waals surface area contributed by atoms with Gasteiger partial charge in [0.1, 0.15) is 12.4 Å². The zero-order chi connectivity index (χ0) is 19.1. The highest BCUT2D eigenvalue weighted by Crippen LogP contribution is 2.19. The van der Waals surface area contributed by atoms with Gasteiger partial charge in [-0.15, -0.1) is 12.4 Å². The molecule has 1 heterocycles. The highest BCUT2D eigenvalue weighted by atomic mass is 35.5. The Labute approximate surface area is 173 Å². The van der Waals surface area contributed by atoms with E-state index >= 15 is 0 Å². The summed E-state index contributed by atoms with van der Waals surface area (Å²) >= 11 is 0. The van der Waals surface area contributed by atoms with Crippen LogP contribution in [0.2, 0.25) is 0 Å². The number of ether oxygens (including phenoxy) is 1. The summed E-state index contributed by atoms with van der Waals surface area (Å²) in [5.41, 5.74) is 1.92. The van der Waals surface area contributed by atoms with Crippen molar-refractivity contribution < 1.29 is 9.53 Å². The maximum atomic E-state index is 12.6. The molecule has 1 saturated heterocycles. The smallest absolute Gasteiger partial charge is 0.241 e. The molecule has 1 aliphatic heterocycles. The summed E-state index contributed by atoms with van der Waals surface area (Å²) in [5, 5.41) is 6.34. The van der Waals surface area contributed by atoms with Gasteiger partial charge in [0.15, 0.2) is 0 Å². The number of amides is 1. The largest absolute Gasteiger partial charge is 0.489 e. The molecule has 152 valence electrons. The van der Waals surface area contributed by atoms with Crippen molar-refractivity contribution in [2.24, 2.45) is 0 Å². The van der Waals surface area contributed by atoms with Gasteiger partial charge in [0.2, 0.25) is 5.91 Å². The van der Waals surface area contributed by atoms with Gasteiger partial charge in [0.25, 0.3) is 0 Å². The van der Waals surface area contributed by atoms with Crippen LogP contribution in [0.3, 0.4) is 0 Å². The average Bonchev–Trinajstić information content (AvgIpc) is 2.73. The minimum absolute atomic E-state index is 0. The lowest BCUT2D eigenvalue weighted by Crippen LogP contribution is -2.51. The van der Waals surface area contributed by atoms with Crippen molar-refractivity contribution in [3.8, 4) is 5.75 Å². The Morgan fingerprint density at radius 3 is 2.57 bits per heavy atom. The number of nitrogens with one attached hydrogen (secondary N) is 2. The van der Waals surface area contributed by atoms with Crippen LogP contribution in [0.4, 0.5) is 5.69 Å². The van der Waals surface area contributed by atoms with Crippen molar-refractivity contribution in [3.63, 3.8) is 0 Å². The molecule has 2 atom stereocenters. The molecule has 5 nitrogen and oxygen atoms in total. The Kier molecular flexibility index (Phi) is 8.77. The van der Waals surface area contributed by atoms with Gasteiger partial charge < -0.3 is 15.4 Å². The van der Waals surface area contributed by atoms with Gasteiger partial charge in [0.05, 0.1) is 6.04 Å². The standard InChI is InChI=1S/C22H29N3O2.ClH/c1-17(25-14-6-9-20(15-25)23-2)22(26)24-19-10-12-21(13-11-19)27-16-18-7-4-3-5-8-18;/h3-5,7-8,10-13,17,20,23H,6,9,14-16H2,1-2H3,(H,24,26);1H. The van der Waals surface area contributed by atoms with Gasteiger partial charge in [-0.25, -0.2) is 0 Å². The number of piperidine rings is 1. The van der Waals surface area contributed by atoms with Crippen molar-refractivity contribution in [1.82, 2.24) is 10.2 Å². The van der Waals surface area contributed by atoms with Crippen LogP contribution in [-0.4, -0.2) is 43.0 Å². The highest BCUT2D eigenvalue weighted by Gasteiger charge is 2.26. The summed E-state index contributed by atoms with van der Waals surface area (Å²) in [7, 11) is 1.99. The van der Waals surface area contributed by atoms with E-state index in [0.29, 0.717) is 12.6 Å². The number of likely N-dealkylation sites (tertiary alicyclic amines) is 1. The fraction of sp³-hybridized carbons (Fsp3) is 0.409. The lowest BCUT2D eigenvalue weighted by molar-refractivity contribution is -0.121. The van der Waals surface area contributed by atoms with Crippen LogP contribution in [0.25, 0.3) is 0 Å². The number of likely N-dealkylation sites (N-methyl/N-ethyl adjacent to an activating group) is 1. The number of halogens is 1. The average molecular weight is 404 g/mol. The number of carbonyl (C=O) groups is 1. The van der Waals surface area contributed by atoms with E-state index in [4.69, 9.17) is 4.74 Å². The maximum absolute atomic E-state index is 12.6. The SMILES string of the molecule is CNC1CCCN(C(C)C(=O)Nc2ccc(OCc3ccccc3)cc2)C1.Cl. The molecule has 2 unspecified atom stereocenters. The summed E-state index contributed by atoms with van der Waals surface area (Å²) in [6, 6.07) is 17.9. The first kappa shape index (κ1) is 22.2. The Hall–Kier alpha value is -2.08. The second kappa shape index (κ2) is 11.1. The van der Waals surface area contributed by atoms with Gasteiger partial charge in [-0.2, -0.15) is 0 Å². The lowest BCUT2D eigenvalue weighted by Gasteiger charge is -2.35. The van der Waals surface area contributed by atoms with Gasteiger partial charge in [-0.1, -0.05) is 30.3 Å². The molecule has 0 saturated carbocycles. The first-order chi connectivity index (χ1) is 13.2. The van der Waals surface area contributed by atoms with Crippen LogP contribution in [0.5, 0.6) is 5.75 Å². The van der Waals surface area contributed by atoms with Gasteiger partial charge >= 0.3 is 0 Å². The fourth-order valence-electron chi connectivity index (χ4n) is 3.38. The quantitative estimate of drug-likeness (QED) is 0.740. The van der Waals surface area contributed by atoms with Crippen molar-refractivity contribution >= 4 is 24.0 Å². The molecule has 0 aliphatic carbocycles. The van der Waals surface area contributed by atoms with Crippen LogP contribution in [0.1, 0.15) is 25.3 Å².